The topological polar surface area (TPSA) is 67.3 Å². The minimum absolute atomic E-state index is 0.559. The molecule has 0 aliphatic rings. The number of fused-ring (bicyclic) bond motifs is 3. The first-order valence-corrected chi connectivity index (χ1v) is 5.20. The Morgan fingerprint density at radius 3 is 2.71 bits per heavy atom. The molecule has 5 nitrogen and oxygen atoms in total. The molecule has 0 saturated carbocycles. The van der Waals surface area contributed by atoms with Crippen LogP contribution in [0.3, 0.4) is 0 Å². The Bertz CT molecular complexity index is 718. The second kappa shape index (κ2) is 4.13. The maximum Gasteiger partial charge on any atom is 0.202 e. The largest absolute Gasteiger partial charge is 0.254 e. The molecule has 0 bridgehead atoms. The molecule has 17 heavy (non-hydrogen) atoms. The molecule has 82 valence electrons. The molecular formula is C12H9N5. The van der Waals surface area contributed by atoms with Gasteiger partial charge in [0, 0.05) is 17.0 Å². The summed E-state index contributed by atoms with van der Waals surface area (Å²) in [5.74, 6) is 0. The standard InChI is InChI=1S/C12H9N5/c1-2-4-6-9-8-13-12-11(14-16-17-15-12)10(9)7-5-3-1/h1-8H,(H,14,17). The molecule has 0 aliphatic heterocycles. The molecule has 2 heterocycles. The maximum absolute atomic E-state index is 4.23. The lowest BCUT2D eigenvalue weighted by Gasteiger charge is -1.97. The summed E-state index contributed by atoms with van der Waals surface area (Å²) in [6.07, 6.45) is 1.78. The van der Waals surface area contributed by atoms with Crippen molar-refractivity contribution in [3.05, 3.63) is 48.7 Å². The number of rotatable bonds is 0. The van der Waals surface area contributed by atoms with Gasteiger partial charge in [0.2, 0.25) is 5.65 Å². The Morgan fingerprint density at radius 1 is 0.941 bits per heavy atom. The van der Waals surface area contributed by atoms with Crippen LogP contribution in [0.1, 0.15) is 0 Å². The average Bonchev–Trinajstić information content (AvgIpc) is 2.50. The quantitative estimate of drug-likeness (QED) is 0.633. The van der Waals surface area contributed by atoms with E-state index in [0.29, 0.717) is 5.65 Å². The highest BCUT2D eigenvalue weighted by molar-refractivity contribution is 6.00. The van der Waals surface area contributed by atoms with Crippen LogP contribution in [0.25, 0.3) is 21.9 Å². The van der Waals surface area contributed by atoms with E-state index in [1.54, 1.807) is 6.20 Å². The van der Waals surface area contributed by atoms with Crippen molar-refractivity contribution in [2.75, 3.05) is 0 Å². The van der Waals surface area contributed by atoms with Crippen LogP contribution in [0.5, 0.6) is 0 Å². The highest BCUT2D eigenvalue weighted by Crippen LogP contribution is 2.17. The third-order valence-electron chi connectivity index (χ3n) is 2.46. The Kier molecular flexibility index (Phi) is 2.34. The summed E-state index contributed by atoms with van der Waals surface area (Å²) >= 11 is 0. The molecule has 0 amide bonds. The van der Waals surface area contributed by atoms with E-state index in [9.17, 15) is 0 Å². The maximum atomic E-state index is 4.23. The van der Waals surface area contributed by atoms with Crippen molar-refractivity contribution in [3.8, 4) is 0 Å². The fraction of sp³-hybridized carbons (Fsp3) is 0. The van der Waals surface area contributed by atoms with Crippen LogP contribution in [0.15, 0.2) is 48.7 Å². The average molecular weight is 223 g/mol. The van der Waals surface area contributed by atoms with Gasteiger partial charge in [-0.1, -0.05) is 42.5 Å². The zero-order valence-corrected chi connectivity index (χ0v) is 8.91. The van der Waals surface area contributed by atoms with Gasteiger partial charge in [0.05, 0.1) is 0 Å². The van der Waals surface area contributed by atoms with E-state index >= 15 is 0 Å². The number of aromatic amines is 1. The lowest BCUT2D eigenvalue weighted by molar-refractivity contribution is 0.792. The summed E-state index contributed by atoms with van der Waals surface area (Å²) in [7, 11) is 0. The van der Waals surface area contributed by atoms with Crippen molar-refractivity contribution < 1.29 is 0 Å². The molecule has 0 fully saturated rings. The Labute approximate surface area is 96.8 Å². The van der Waals surface area contributed by atoms with Gasteiger partial charge in [-0.3, -0.25) is 5.10 Å². The summed E-state index contributed by atoms with van der Waals surface area (Å²) in [5, 5.41) is 16.0. The van der Waals surface area contributed by atoms with Gasteiger partial charge < -0.3 is 0 Å². The lowest BCUT2D eigenvalue weighted by Crippen LogP contribution is -1.94. The van der Waals surface area contributed by atoms with Crippen LogP contribution in [0.2, 0.25) is 0 Å². The van der Waals surface area contributed by atoms with E-state index in [0.717, 1.165) is 16.3 Å². The molecule has 5 heteroatoms. The predicted octanol–water partition coefficient (Wildman–Crippen LogP) is 2.03. The van der Waals surface area contributed by atoms with Gasteiger partial charge in [-0.05, 0) is 10.4 Å². The van der Waals surface area contributed by atoms with Gasteiger partial charge >= 0.3 is 0 Å². The minimum atomic E-state index is 0.559. The second-order valence-electron chi connectivity index (χ2n) is 3.52. The fourth-order valence-corrected chi connectivity index (χ4v) is 1.67. The van der Waals surface area contributed by atoms with E-state index in [1.807, 2.05) is 42.5 Å². The number of H-pyrrole nitrogens is 1. The van der Waals surface area contributed by atoms with E-state index in [-0.39, 0.29) is 0 Å². The Balaban J connectivity index is 2.54. The molecule has 1 N–H and O–H groups in total. The van der Waals surface area contributed by atoms with Gasteiger partial charge in [-0.25, -0.2) is 4.98 Å². The van der Waals surface area contributed by atoms with Crippen LogP contribution < -0.4 is 0 Å². The smallest absolute Gasteiger partial charge is 0.202 e. The molecule has 0 spiro atoms. The predicted molar refractivity (Wildman–Crippen MR) is 64.6 cm³/mol. The number of hydrogen-bond donors (Lipinski definition) is 1. The highest BCUT2D eigenvalue weighted by atomic mass is 15.4. The number of nitrogens with zero attached hydrogens (tertiary/aromatic N) is 4. The van der Waals surface area contributed by atoms with Gasteiger partial charge in [0.15, 0.2) is 0 Å². The summed E-state index contributed by atoms with van der Waals surface area (Å²) in [6, 6.07) is 13.8. The number of pyridine rings is 1. The fourth-order valence-electron chi connectivity index (χ4n) is 1.67. The minimum Gasteiger partial charge on any atom is -0.254 e. The number of nitrogens with one attached hydrogen (secondary N) is 1. The third kappa shape index (κ3) is 1.78. The molecular weight excluding hydrogens is 214 g/mol. The van der Waals surface area contributed by atoms with Crippen LogP contribution in [-0.2, 0) is 0 Å². The van der Waals surface area contributed by atoms with Crippen LogP contribution >= 0.6 is 0 Å². The molecule has 0 radical (unpaired) electrons. The van der Waals surface area contributed by atoms with Crippen molar-refractivity contribution in [1.82, 2.24) is 25.6 Å². The van der Waals surface area contributed by atoms with Crippen molar-refractivity contribution >= 4 is 21.9 Å². The van der Waals surface area contributed by atoms with E-state index in [4.69, 9.17) is 0 Å². The van der Waals surface area contributed by atoms with E-state index in [1.165, 1.54) is 0 Å². The molecule has 0 atom stereocenters. The second-order valence-corrected chi connectivity index (χ2v) is 3.52. The SMILES string of the molecule is c1cccc2cnc3nnn[nH]c3c2ccc1. The normalized spacial score (nSPS) is 10.4. The van der Waals surface area contributed by atoms with Gasteiger partial charge in [0.1, 0.15) is 5.52 Å². The van der Waals surface area contributed by atoms with Crippen LogP contribution in [0.4, 0.5) is 0 Å². The first-order chi connectivity index (χ1) is 8.45. The Hall–Kier alpha value is -2.56. The summed E-state index contributed by atoms with van der Waals surface area (Å²) in [4.78, 5) is 4.23. The summed E-state index contributed by atoms with van der Waals surface area (Å²) < 4.78 is 0. The Morgan fingerprint density at radius 2 is 1.76 bits per heavy atom. The number of hydrogen-bond acceptors (Lipinski definition) is 4. The molecule has 3 rings (SSSR count). The third-order valence-corrected chi connectivity index (χ3v) is 2.46. The van der Waals surface area contributed by atoms with Crippen molar-refractivity contribution in [2.24, 2.45) is 0 Å². The highest BCUT2D eigenvalue weighted by Gasteiger charge is 2.00. The molecule has 0 saturated heterocycles. The summed E-state index contributed by atoms with van der Waals surface area (Å²) in [5.41, 5.74) is 1.35. The molecule has 1 aromatic carbocycles. The molecule has 2 aromatic heterocycles. The van der Waals surface area contributed by atoms with Gasteiger partial charge in [-0.15, -0.1) is 5.10 Å². The zero-order valence-electron chi connectivity index (χ0n) is 8.91. The van der Waals surface area contributed by atoms with Crippen molar-refractivity contribution in [3.63, 3.8) is 0 Å². The lowest BCUT2D eigenvalue weighted by atomic mass is 10.2. The molecule has 0 aliphatic carbocycles. The van der Waals surface area contributed by atoms with Gasteiger partial charge in [0.25, 0.3) is 0 Å². The van der Waals surface area contributed by atoms with Crippen molar-refractivity contribution in [1.29, 1.82) is 0 Å². The van der Waals surface area contributed by atoms with Gasteiger partial charge in [-0.2, -0.15) is 0 Å². The number of aromatic nitrogens is 5. The summed E-state index contributed by atoms with van der Waals surface area (Å²) in [6.45, 7) is 0. The molecule has 3 aromatic rings. The monoisotopic (exact) mass is 223 g/mol. The first-order valence-electron chi connectivity index (χ1n) is 5.20. The van der Waals surface area contributed by atoms with E-state index in [2.05, 4.69) is 25.6 Å². The van der Waals surface area contributed by atoms with Crippen LogP contribution in [0, 0.1) is 0 Å². The van der Waals surface area contributed by atoms with Crippen LogP contribution in [-0.4, -0.2) is 25.6 Å². The zero-order chi connectivity index (χ0) is 11.5. The van der Waals surface area contributed by atoms with E-state index < -0.39 is 0 Å². The first kappa shape index (κ1) is 9.65. The van der Waals surface area contributed by atoms with Crippen molar-refractivity contribution in [2.45, 2.75) is 0 Å². The molecule has 0 unspecified atom stereocenters.